The van der Waals surface area contributed by atoms with E-state index in [-0.39, 0.29) is 24.8 Å². The average Bonchev–Trinajstić information content (AvgIpc) is 3.15. The van der Waals surface area contributed by atoms with Gasteiger partial charge in [-0.05, 0) is 56.2 Å². The first-order valence-electron chi connectivity index (χ1n) is 10.4. The summed E-state index contributed by atoms with van der Waals surface area (Å²) in [4.78, 5) is 28.4. The second-order valence-electron chi connectivity index (χ2n) is 6.94. The number of carboxylic acids is 1. The van der Waals surface area contributed by atoms with Gasteiger partial charge in [0.05, 0.1) is 17.6 Å². The predicted molar refractivity (Wildman–Crippen MR) is 117 cm³/mol. The van der Waals surface area contributed by atoms with E-state index in [9.17, 15) is 9.59 Å². The van der Waals surface area contributed by atoms with Crippen LogP contribution >= 0.6 is 0 Å². The molecule has 8 nitrogen and oxygen atoms in total. The lowest BCUT2D eigenvalue weighted by Gasteiger charge is -2.20. The van der Waals surface area contributed by atoms with Gasteiger partial charge in [0.15, 0.2) is 0 Å². The van der Waals surface area contributed by atoms with Crippen molar-refractivity contribution in [2.24, 2.45) is 0 Å². The molecule has 0 bridgehead atoms. The molecular weight excluding hydrogens is 398 g/mol. The first-order valence-corrected chi connectivity index (χ1v) is 10.4. The molecule has 31 heavy (non-hydrogen) atoms. The number of nitrogens with one attached hydrogen (secondary N) is 1. The molecule has 8 heteroatoms. The number of rotatable bonds is 11. The van der Waals surface area contributed by atoms with Crippen molar-refractivity contribution in [1.82, 2.24) is 9.55 Å². The van der Waals surface area contributed by atoms with Gasteiger partial charge in [-0.3, -0.25) is 14.2 Å². The molecule has 1 heterocycles. The molecule has 164 valence electrons. The summed E-state index contributed by atoms with van der Waals surface area (Å²) >= 11 is 0. The summed E-state index contributed by atoms with van der Waals surface area (Å²) in [5.41, 5.74) is 2.10. The molecule has 0 saturated heterocycles. The molecule has 1 amide bonds. The van der Waals surface area contributed by atoms with Crippen molar-refractivity contribution in [2.75, 3.05) is 18.5 Å². The Bertz CT molecular complexity index is 1030. The first kappa shape index (κ1) is 22.3. The van der Waals surface area contributed by atoms with Crippen LogP contribution in [-0.2, 0) is 9.53 Å². The van der Waals surface area contributed by atoms with E-state index >= 15 is 0 Å². The Balaban J connectivity index is 1.85. The third-order valence-electron chi connectivity index (χ3n) is 4.70. The summed E-state index contributed by atoms with van der Waals surface area (Å²) in [6.07, 6.45) is 0.581. The Hall–Kier alpha value is -3.39. The van der Waals surface area contributed by atoms with E-state index in [0.717, 1.165) is 11.3 Å². The Morgan fingerprint density at radius 2 is 1.87 bits per heavy atom. The molecule has 1 aromatic heterocycles. The fourth-order valence-corrected chi connectivity index (χ4v) is 3.30. The van der Waals surface area contributed by atoms with Crippen LogP contribution in [0, 0.1) is 0 Å². The van der Waals surface area contributed by atoms with Gasteiger partial charge < -0.3 is 19.9 Å². The zero-order valence-corrected chi connectivity index (χ0v) is 17.7. The van der Waals surface area contributed by atoms with Gasteiger partial charge in [-0.1, -0.05) is 19.1 Å². The minimum Gasteiger partial charge on any atom is -0.494 e. The lowest BCUT2D eigenvalue weighted by Crippen LogP contribution is -2.23. The maximum Gasteiger partial charge on any atom is 0.303 e. The number of hydrogen-bond donors (Lipinski definition) is 2. The van der Waals surface area contributed by atoms with Gasteiger partial charge in [-0.2, -0.15) is 0 Å². The molecule has 1 unspecified atom stereocenters. The number of nitrogens with zero attached hydrogens (tertiary/aromatic N) is 2. The Morgan fingerprint density at radius 1 is 1.13 bits per heavy atom. The predicted octanol–water partition coefficient (Wildman–Crippen LogP) is 4.48. The second kappa shape index (κ2) is 10.6. The quantitative estimate of drug-likeness (QED) is 0.439. The molecule has 3 rings (SSSR count). The van der Waals surface area contributed by atoms with Crippen molar-refractivity contribution < 1.29 is 24.2 Å². The molecule has 0 fully saturated rings. The molecule has 0 saturated carbocycles. The molecule has 1 atom stereocenters. The van der Waals surface area contributed by atoms with Gasteiger partial charge in [0.2, 0.25) is 5.82 Å². The largest absolute Gasteiger partial charge is 0.494 e. The number of anilines is 1. The highest BCUT2D eigenvalue weighted by Crippen LogP contribution is 2.25. The van der Waals surface area contributed by atoms with E-state index in [2.05, 4.69) is 10.3 Å². The van der Waals surface area contributed by atoms with Crippen LogP contribution in [0.2, 0.25) is 0 Å². The number of carbonyl (C=O) groups excluding carboxylic acids is 1. The van der Waals surface area contributed by atoms with Crippen molar-refractivity contribution in [2.45, 2.75) is 39.3 Å². The minimum absolute atomic E-state index is 0.0339. The van der Waals surface area contributed by atoms with E-state index in [1.807, 2.05) is 38.1 Å². The third kappa shape index (κ3) is 5.61. The normalized spacial score (nSPS) is 11.9. The topological polar surface area (TPSA) is 103 Å². The van der Waals surface area contributed by atoms with Gasteiger partial charge in [0, 0.05) is 18.7 Å². The summed E-state index contributed by atoms with van der Waals surface area (Å²) in [6, 6.07) is 14.6. The fourth-order valence-electron chi connectivity index (χ4n) is 3.30. The number of hydrogen-bond acceptors (Lipinski definition) is 5. The second-order valence-corrected chi connectivity index (χ2v) is 6.94. The van der Waals surface area contributed by atoms with Crippen molar-refractivity contribution in [1.29, 1.82) is 0 Å². The van der Waals surface area contributed by atoms with Gasteiger partial charge in [-0.25, -0.2) is 4.98 Å². The van der Waals surface area contributed by atoms with E-state index in [1.165, 1.54) is 0 Å². The number of fused-ring (bicyclic) bond motifs is 1. The van der Waals surface area contributed by atoms with E-state index in [4.69, 9.17) is 14.6 Å². The Kier molecular flexibility index (Phi) is 7.61. The highest BCUT2D eigenvalue weighted by molar-refractivity contribution is 6.03. The van der Waals surface area contributed by atoms with Crippen molar-refractivity contribution in [3.63, 3.8) is 0 Å². The number of aromatic nitrogens is 2. The van der Waals surface area contributed by atoms with Crippen LogP contribution in [0.4, 0.5) is 5.69 Å². The monoisotopic (exact) mass is 425 g/mol. The molecule has 0 aliphatic carbocycles. The number of ether oxygens (including phenoxy) is 2. The number of amides is 1. The Morgan fingerprint density at radius 3 is 2.55 bits per heavy atom. The summed E-state index contributed by atoms with van der Waals surface area (Å²) in [5, 5.41) is 11.7. The Labute approximate surface area is 180 Å². The molecule has 0 aliphatic rings. The molecule has 0 aliphatic heterocycles. The average molecular weight is 425 g/mol. The highest BCUT2D eigenvalue weighted by Gasteiger charge is 2.23. The minimum atomic E-state index is -0.861. The van der Waals surface area contributed by atoms with E-state index in [1.54, 1.807) is 28.8 Å². The summed E-state index contributed by atoms with van der Waals surface area (Å²) in [5.74, 6) is -0.248. The number of aliphatic carboxylic acids is 1. The van der Waals surface area contributed by atoms with Crippen molar-refractivity contribution in [3.05, 3.63) is 54.4 Å². The molecule has 0 spiro atoms. The molecule has 2 N–H and O–H groups in total. The fraction of sp³-hybridized carbons (Fsp3) is 0.348. The van der Waals surface area contributed by atoms with E-state index in [0.29, 0.717) is 30.7 Å². The number of benzene rings is 2. The molecule has 0 radical (unpaired) electrons. The van der Waals surface area contributed by atoms with Gasteiger partial charge in [-0.15, -0.1) is 0 Å². The van der Waals surface area contributed by atoms with Crippen LogP contribution < -0.4 is 10.1 Å². The number of imidazole rings is 1. The van der Waals surface area contributed by atoms with Crippen LogP contribution in [0.5, 0.6) is 5.75 Å². The van der Waals surface area contributed by atoms with Crippen molar-refractivity contribution in [3.8, 4) is 5.75 Å². The van der Waals surface area contributed by atoms with Crippen LogP contribution in [0.15, 0.2) is 48.5 Å². The third-order valence-corrected chi connectivity index (χ3v) is 4.70. The maximum atomic E-state index is 13.1. The van der Waals surface area contributed by atoms with Crippen LogP contribution in [0.25, 0.3) is 11.0 Å². The lowest BCUT2D eigenvalue weighted by molar-refractivity contribution is -0.137. The van der Waals surface area contributed by atoms with Crippen molar-refractivity contribution >= 4 is 28.6 Å². The summed E-state index contributed by atoms with van der Waals surface area (Å²) < 4.78 is 13.2. The van der Waals surface area contributed by atoms with Gasteiger partial charge in [0.25, 0.3) is 5.91 Å². The van der Waals surface area contributed by atoms with Gasteiger partial charge in [0.1, 0.15) is 12.0 Å². The number of carboxylic acid groups (broad SMARTS) is 1. The number of para-hydroxylation sites is 2. The lowest BCUT2D eigenvalue weighted by atomic mass is 10.3. The van der Waals surface area contributed by atoms with Crippen LogP contribution in [0.3, 0.4) is 0 Å². The molecule has 3 aromatic rings. The maximum absolute atomic E-state index is 13.1. The van der Waals surface area contributed by atoms with Gasteiger partial charge >= 0.3 is 5.97 Å². The standard InChI is InChI=1S/C23H27N3O5/c1-3-20(31-15-7-10-21(27)28)26-19-9-6-5-8-18(19)25-22(26)23(29)24-16-11-13-17(14-12-16)30-4-2/h5-6,8-9,11-14,20H,3-4,7,10,15H2,1-2H3,(H,24,29)(H,27,28). The van der Waals surface area contributed by atoms with E-state index < -0.39 is 12.2 Å². The SMILES string of the molecule is CCOc1ccc(NC(=O)c2nc3ccccc3n2C(CC)OCCCC(=O)O)cc1. The zero-order chi connectivity index (χ0) is 22.2. The molecule has 2 aromatic carbocycles. The van der Waals surface area contributed by atoms with Crippen LogP contribution in [-0.4, -0.2) is 39.7 Å². The zero-order valence-electron chi connectivity index (χ0n) is 17.7. The highest BCUT2D eigenvalue weighted by atomic mass is 16.5. The first-order chi connectivity index (χ1) is 15.0. The summed E-state index contributed by atoms with van der Waals surface area (Å²) in [7, 11) is 0. The smallest absolute Gasteiger partial charge is 0.303 e. The number of carbonyl (C=O) groups is 2. The summed E-state index contributed by atoms with van der Waals surface area (Å²) in [6.45, 7) is 4.71. The molecular formula is C23H27N3O5. The van der Waals surface area contributed by atoms with Crippen LogP contribution in [0.1, 0.15) is 50.0 Å².